The Labute approximate surface area is 127 Å². The standard InChI is InChI=1S/C16H27N3S/c1-12-10-19(11-13(2)20-12)16(9-17)14-5-7-15(8-6-14)18(3)4/h5-8,12-13,16H,9-11,17H2,1-4H3. The van der Waals surface area contributed by atoms with Crippen molar-refractivity contribution < 1.29 is 0 Å². The van der Waals surface area contributed by atoms with Crippen LogP contribution in [-0.2, 0) is 0 Å². The van der Waals surface area contributed by atoms with Crippen molar-refractivity contribution in [2.45, 2.75) is 30.4 Å². The second kappa shape index (κ2) is 6.83. The van der Waals surface area contributed by atoms with Crippen LogP contribution in [0.3, 0.4) is 0 Å². The molecule has 0 spiro atoms. The summed E-state index contributed by atoms with van der Waals surface area (Å²) in [7, 11) is 4.14. The summed E-state index contributed by atoms with van der Waals surface area (Å²) in [5, 5.41) is 1.38. The van der Waals surface area contributed by atoms with Gasteiger partial charge in [-0.05, 0) is 17.7 Å². The summed E-state index contributed by atoms with van der Waals surface area (Å²) < 4.78 is 0. The van der Waals surface area contributed by atoms with Crippen molar-refractivity contribution in [2.75, 3.05) is 38.6 Å². The number of rotatable bonds is 4. The minimum Gasteiger partial charge on any atom is -0.378 e. The molecule has 1 aromatic rings. The van der Waals surface area contributed by atoms with Crippen molar-refractivity contribution in [1.82, 2.24) is 4.90 Å². The first-order chi connectivity index (χ1) is 9.51. The Kier molecular flexibility index (Phi) is 5.35. The fourth-order valence-electron chi connectivity index (χ4n) is 2.96. The molecule has 0 radical (unpaired) electrons. The topological polar surface area (TPSA) is 32.5 Å². The van der Waals surface area contributed by atoms with Crippen molar-refractivity contribution in [3.05, 3.63) is 29.8 Å². The van der Waals surface area contributed by atoms with Gasteiger partial charge in [-0.15, -0.1) is 0 Å². The minimum absolute atomic E-state index is 0.344. The second-order valence-corrected chi connectivity index (χ2v) is 7.83. The van der Waals surface area contributed by atoms with E-state index in [1.54, 1.807) is 0 Å². The molecule has 1 aromatic carbocycles. The quantitative estimate of drug-likeness (QED) is 0.925. The van der Waals surface area contributed by atoms with Gasteiger partial charge in [0, 0.05) is 56.0 Å². The largest absolute Gasteiger partial charge is 0.378 e. The summed E-state index contributed by atoms with van der Waals surface area (Å²) in [6, 6.07) is 9.16. The van der Waals surface area contributed by atoms with Crippen LogP contribution in [0, 0.1) is 0 Å². The highest BCUT2D eigenvalue weighted by atomic mass is 32.2. The second-order valence-electron chi connectivity index (χ2n) is 5.95. The highest BCUT2D eigenvalue weighted by Crippen LogP contribution is 2.31. The Morgan fingerprint density at radius 2 is 1.75 bits per heavy atom. The van der Waals surface area contributed by atoms with Crippen LogP contribution in [0.1, 0.15) is 25.5 Å². The van der Waals surface area contributed by atoms with Gasteiger partial charge in [0.2, 0.25) is 0 Å². The number of benzene rings is 1. The van der Waals surface area contributed by atoms with Crippen LogP contribution >= 0.6 is 11.8 Å². The monoisotopic (exact) mass is 293 g/mol. The Hall–Kier alpha value is -0.710. The lowest BCUT2D eigenvalue weighted by molar-refractivity contribution is 0.199. The van der Waals surface area contributed by atoms with E-state index in [9.17, 15) is 0 Å². The summed E-state index contributed by atoms with van der Waals surface area (Å²) in [6.07, 6.45) is 0. The summed E-state index contributed by atoms with van der Waals surface area (Å²) in [5.74, 6) is 0. The van der Waals surface area contributed by atoms with Crippen LogP contribution in [0.25, 0.3) is 0 Å². The molecule has 0 amide bonds. The molecule has 3 unspecified atom stereocenters. The van der Waals surface area contributed by atoms with Gasteiger partial charge in [0.1, 0.15) is 0 Å². The van der Waals surface area contributed by atoms with E-state index in [2.05, 4.69) is 73.8 Å². The third-order valence-electron chi connectivity index (χ3n) is 3.91. The van der Waals surface area contributed by atoms with E-state index in [1.807, 2.05) is 0 Å². The van der Waals surface area contributed by atoms with Crippen molar-refractivity contribution in [1.29, 1.82) is 0 Å². The van der Waals surface area contributed by atoms with E-state index in [0.29, 0.717) is 23.1 Å². The predicted octanol–water partition coefficient (Wildman–Crippen LogP) is 2.58. The van der Waals surface area contributed by atoms with Gasteiger partial charge in [-0.2, -0.15) is 11.8 Å². The predicted molar refractivity (Wildman–Crippen MR) is 90.7 cm³/mol. The fraction of sp³-hybridized carbons (Fsp3) is 0.625. The molecule has 1 saturated heterocycles. The van der Waals surface area contributed by atoms with Crippen LogP contribution in [0.5, 0.6) is 0 Å². The highest BCUT2D eigenvalue weighted by Gasteiger charge is 2.27. The van der Waals surface area contributed by atoms with Gasteiger partial charge in [0.25, 0.3) is 0 Å². The van der Waals surface area contributed by atoms with Gasteiger partial charge in [0.15, 0.2) is 0 Å². The molecule has 1 aliphatic rings. The molecule has 112 valence electrons. The first kappa shape index (κ1) is 15.7. The normalized spacial score (nSPS) is 25.4. The number of thioether (sulfide) groups is 1. The molecule has 0 aromatic heterocycles. The zero-order chi connectivity index (χ0) is 14.7. The van der Waals surface area contributed by atoms with Crippen LogP contribution in [-0.4, -0.2) is 49.1 Å². The first-order valence-corrected chi connectivity index (χ1v) is 8.32. The van der Waals surface area contributed by atoms with Gasteiger partial charge < -0.3 is 10.6 Å². The van der Waals surface area contributed by atoms with E-state index < -0.39 is 0 Å². The molecule has 1 fully saturated rings. The van der Waals surface area contributed by atoms with Gasteiger partial charge in [0.05, 0.1) is 0 Å². The van der Waals surface area contributed by atoms with Gasteiger partial charge in [-0.25, -0.2) is 0 Å². The Bertz CT molecular complexity index is 408. The molecule has 1 aliphatic heterocycles. The van der Waals surface area contributed by atoms with Crippen molar-refractivity contribution in [3.8, 4) is 0 Å². The fourth-order valence-corrected chi connectivity index (χ4v) is 4.31. The molecule has 0 aliphatic carbocycles. The van der Waals surface area contributed by atoms with E-state index in [0.717, 1.165) is 13.1 Å². The molecule has 0 bridgehead atoms. The summed E-state index contributed by atoms with van der Waals surface area (Å²) >= 11 is 2.09. The number of nitrogens with zero attached hydrogens (tertiary/aromatic N) is 2. The molecule has 20 heavy (non-hydrogen) atoms. The SMILES string of the molecule is CC1CN(C(CN)c2ccc(N(C)C)cc2)CC(C)S1. The van der Waals surface area contributed by atoms with Crippen LogP contribution < -0.4 is 10.6 Å². The Morgan fingerprint density at radius 3 is 2.20 bits per heavy atom. The molecule has 2 N–H and O–H groups in total. The first-order valence-electron chi connectivity index (χ1n) is 7.38. The number of anilines is 1. The van der Waals surface area contributed by atoms with Crippen molar-refractivity contribution >= 4 is 17.4 Å². The molecule has 1 heterocycles. The van der Waals surface area contributed by atoms with Crippen LogP contribution in [0.15, 0.2) is 24.3 Å². The zero-order valence-corrected chi connectivity index (χ0v) is 13.9. The number of hydrogen-bond acceptors (Lipinski definition) is 4. The lowest BCUT2D eigenvalue weighted by Gasteiger charge is -2.39. The van der Waals surface area contributed by atoms with E-state index in [1.165, 1.54) is 11.3 Å². The van der Waals surface area contributed by atoms with Crippen LogP contribution in [0.2, 0.25) is 0 Å². The van der Waals surface area contributed by atoms with Crippen molar-refractivity contribution in [3.63, 3.8) is 0 Å². The summed E-state index contributed by atoms with van der Waals surface area (Å²) in [6.45, 7) is 7.58. The van der Waals surface area contributed by atoms with E-state index >= 15 is 0 Å². The van der Waals surface area contributed by atoms with Gasteiger partial charge in [-0.1, -0.05) is 26.0 Å². The highest BCUT2D eigenvalue weighted by molar-refractivity contribution is 8.00. The van der Waals surface area contributed by atoms with Gasteiger partial charge in [-0.3, -0.25) is 4.90 Å². The zero-order valence-electron chi connectivity index (χ0n) is 13.0. The molecule has 4 heteroatoms. The molecule has 2 rings (SSSR count). The lowest BCUT2D eigenvalue weighted by atomic mass is 10.0. The number of hydrogen-bond donors (Lipinski definition) is 1. The van der Waals surface area contributed by atoms with E-state index in [-0.39, 0.29) is 0 Å². The maximum atomic E-state index is 6.07. The molecular formula is C16H27N3S. The average Bonchev–Trinajstić information content (AvgIpc) is 2.39. The maximum absolute atomic E-state index is 6.07. The summed E-state index contributed by atoms with van der Waals surface area (Å²) in [4.78, 5) is 4.68. The smallest absolute Gasteiger partial charge is 0.0471 e. The molecule has 3 atom stereocenters. The van der Waals surface area contributed by atoms with Gasteiger partial charge >= 0.3 is 0 Å². The Morgan fingerprint density at radius 1 is 1.20 bits per heavy atom. The molecular weight excluding hydrogens is 266 g/mol. The van der Waals surface area contributed by atoms with E-state index in [4.69, 9.17) is 5.73 Å². The molecule has 0 saturated carbocycles. The maximum Gasteiger partial charge on any atom is 0.0471 e. The lowest BCUT2D eigenvalue weighted by Crippen LogP contribution is -2.44. The minimum atomic E-state index is 0.344. The Balaban J connectivity index is 2.14. The molecule has 3 nitrogen and oxygen atoms in total. The summed E-state index contributed by atoms with van der Waals surface area (Å²) in [5.41, 5.74) is 8.64. The third-order valence-corrected chi connectivity index (χ3v) is 5.13. The van der Waals surface area contributed by atoms with Crippen molar-refractivity contribution in [2.24, 2.45) is 5.73 Å². The average molecular weight is 293 g/mol. The third kappa shape index (κ3) is 3.68. The van der Waals surface area contributed by atoms with Crippen LogP contribution in [0.4, 0.5) is 5.69 Å². The number of nitrogens with two attached hydrogens (primary N) is 1.